The summed E-state index contributed by atoms with van der Waals surface area (Å²) in [5, 5.41) is 3.80. The van der Waals surface area contributed by atoms with Crippen molar-refractivity contribution in [3.8, 4) is 0 Å². The standard InChI is InChI=1S/C10H14N2O3/c1-8-6-9(11-15-8)7-10(13)12-2-4-14-5-3-12/h6H,2-5,7H2,1H3. The van der Waals surface area contributed by atoms with Crippen molar-refractivity contribution in [3.63, 3.8) is 0 Å². The average molecular weight is 210 g/mol. The zero-order chi connectivity index (χ0) is 10.7. The normalized spacial score (nSPS) is 16.7. The lowest BCUT2D eigenvalue weighted by Crippen LogP contribution is -2.41. The lowest BCUT2D eigenvalue weighted by Gasteiger charge is -2.26. The molecule has 0 aliphatic carbocycles. The highest BCUT2D eigenvalue weighted by atomic mass is 16.5. The summed E-state index contributed by atoms with van der Waals surface area (Å²) in [5.41, 5.74) is 0.698. The molecule has 5 heteroatoms. The van der Waals surface area contributed by atoms with E-state index in [1.807, 2.05) is 6.92 Å². The second-order valence-corrected chi connectivity index (χ2v) is 3.60. The number of hydrogen-bond donors (Lipinski definition) is 0. The molecule has 1 aliphatic heterocycles. The van der Waals surface area contributed by atoms with Gasteiger partial charge in [0, 0.05) is 19.2 Å². The third kappa shape index (κ3) is 2.56. The summed E-state index contributed by atoms with van der Waals surface area (Å²) in [4.78, 5) is 13.6. The molecule has 0 unspecified atom stereocenters. The summed E-state index contributed by atoms with van der Waals surface area (Å²) >= 11 is 0. The van der Waals surface area contributed by atoms with Gasteiger partial charge >= 0.3 is 0 Å². The molecular formula is C10H14N2O3. The number of nitrogens with zero attached hydrogens (tertiary/aromatic N) is 2. The van der Waals surface area contributed by atoms with Crippen LogP contribution in [0.2, 0.25) is 0 Å². The first-order valence-electron chi connectivity index (χ1n) is 5.03. The number of carbonyl (C=O) groups excluding carboxylic acids is 1. The van der Waals surface area contributed by atoms with Crippen LogP contribution in [0, 0.1) is 6.92 Å². The van der Waals surface area contributed by atoms with Gasteiger partial charge in [-0.3, -0.25) is 4.79 Å². The molecule has 1 amide bonds. The summed E-state index contributed by atoms with van der Waals surface area (Å²) < 4.78 is 10.1. The molecule has 1 saturated heterocycles. The largest absolute Gasteiger partial charge is 0.378 e. The molecule has 5 nitrogen and oxygen atoms in total. The Morgan fingerprint density at radius 3 is 2.87 bits per heavy atom. The van der Waals surface area contributed by atoms with E-state index in [-0.39, 0.29) is 5.91 Å². The van der Waals surface area contributed by atoms with Crippen molar-refractivity contribution in [2.75, 3.05) is 26.3 Å². The quantitative estimate of drug-likeness (QED) is 0.708. The van der Waals surface area contributed by atoms with Gasteiger partial charge in [-0.15, -0.1) is 0 Å². The maximum atomic E-state index is 11.8. The zero-order valence-electron chi connectivity index (χ0n) is 8.73. The number of morpholine rings is 1. The smallest absolute Gasteiger partial charge is 0.228 e. The molecule has 2 heterocycles. The van der Waals surface area contributed by atoms with Crippen LogP contribution in [0.3, 0.4) is 0 Å². The predicted octanol–water partition coefficient (Wildman–Crippen LogP) is 0.384. The molecule has 0 N–H and O–H groups in total. The number of ether oxygens (including phenoxy) is 1. The Labute approximate surface area is 88.0 Å². The Hall–Kier alpha value is -1.36. The highest BCUT2D eigenvalue weighted by molar-refractivity contribution is 5.78. The van der Waals surface area contributed by atoms with Crippen LogP contribution in [0.15, 0.2) is 10.6 Å². The average Bonchev–Trinajstić information content (AvgIpc) is 2.65. The molecule has 0 atom stereocenters. The van der Waals surface area contributed by atoms with E-state index in [0.717, 1.165) is 5.76 Å². The van der Waals surface area contributed by atoms with Gasteiger partial charge in [0.15, 0.2) is 0 Å². The van der Waals surface area contributed by atoms with Crippen molar-refractivity contribution < 1.29 is 14.1 Å². The van der Waals surface area contributed by atoms with Crippen LogP contribution in [-0.4, -0.2) is 42.3 Å². The molecule has 0 aromatic carbocycles. The van der Waals surface area contributed by atoms with E-state index in [2.05, 4.69) is 5.16 Å². The third-order valence-corrected chi connectivity index (χ3v) is 2.37. The molecule has 1 aromatic heterocycles. The molecular weight excluding hydrogens is 196 g/mol. The Bertz CT molecular complexity index is 342. The lowest BCUT2D eigenvalue weighted by molar-refractivity contribution is -0.134. The number of aromatic nitrogens is 1. The summed E-state index contributed by atoms with van der Waals surface area (Å²) in [6.45, 7) is 4.42. The zero-order valence-corrected chi connectivity index (χ0v) is 8.73. The van der Waals surface area contributed by atoms with E-state index >= 15 is 0 Å². The van der Waals surface area contributed by atoms with Crippen molar-refractivity contribution in [1.29, 1.82) is 0 Å². The monoisotopic (exact) mass is 210 g/mol. The minimum Gasteiger partial charge on any atom is -0.378 e. The summed E-state index contributed by atoms with van der Waals surface area (Å²) in [5.74, 6) is 0.825. The first-order chi connectivity index (χ1) is 7.25. The Balaban J connectivity index is 1.91. The van der Waals surface area contributed by atoms with Gasteiger partial charge in [-0.25, -0.2) is 0 Å². The number of aryl methyl sites for hydroxylation is 1. The number of rotatable bonds is 2. The highest BCUT2D eigenvalue weighted by Gasteiger charge is 2.18. The molecule has 82 valence electrons. The molecule has 1 aromatic rings. The van der Waals surface area contributed by atoms with Crippen molar-refractivity contribution in [3.05, 3.63) is 17.5 Å². The van der Waals surface area contributed by atoms with E-state index < -0.39 is 0 Å². The molecule has 0 radical (unpaired) electrons. The Morgan fingerprint density at radius 2 is 2.27 bits per heavy atom. The Morgan fingerprint density at radius 1 is 1.53 bits per heavy atom. The molecule has 0 spiro atoms. The van der Waals surface area contributed by atoms with Gasteiger partial charge < -0.3 is 14.2 Å². The number of hydrogen-bond acceptors (Lipinski definition) is 4. The molecule has 0 saturated carbocycles. The maximum absolute atomic E-state index is 11.8. The van der Waals surface area contributed by atoms with Crippen LogP contribution in [0.25, 0.3) is 0 Å². The van der Waals surface area contributed by atoms with E-state index in [0.29, 0.717) is 38.4 Å². The first kappa shape index (κ1) is 10.2. The van der Waals surface area contributed by atoms with Gasteiger partial charge in [0.05, 0.1) is 25.3 Å². The minimum atomic E-state index is 0.0894. The highest BCUT2D eigenvalue weighted by Crippen LogP contribution is 2.06. The van der Waals surface area contributed by atoms with Gasteiger partial charge in [0.1, 0.15) is 5.76 Å². The molecule has 2 rings (SSSR count). The molecule has 15 heavy (non-hydrogen) atoms. The van der Waals surface area contributed by atoms with Crippen molar-refractivity contribution >= 4 is 5.91 Å². The van der Waals surface area contributed by atoms with Crippen LogP contribution in [0.1, 0.15) is 11.5 Å². The number of amides is 1. The maximum Gasteiger partial charge on any atom is 0.228 e. The van der Waals surface area contributed by atoms with Crippen LogP contribution in [0.4, 0.5) is 0 Å². The first-order valence-corrected chi connectivity index (χ1v) is 5.03. The van der Waals surface area contributed by atoms with E-state index in [9.17, 15) is 4.79 Å². The van der Waals surface area contributed by atoms with E-state index in [4.69, 9.17) is 9.26 Å². The minimum absolute atomic E-state index is 0.0894. The SMILES string of the molecule is Cc1cc(CC(=O)N2CCOCC2)no1. The van der Waals surface area contributed by atoms with Crippen molar-refractivity contribution in [1.82, 2.24) is 10.1 Å². The number of carbonyl (C=O) groups is 1. The topological polar surface area (TPSA) is 55.6 Å². The summed E-state index contributed by atoms with van der Waals surface area (Å²) in [6, 6.07) is 1.79. The molecule has 1 fully saturated rings. The molecule has 0 bridgehead atoms. The summed E-state index contributed by atoms with van der Waals surface area (Å²) in [7, 11) is 0. The fraction of sp³-hybridized carbons (Fsp3) is 0.600. The van der Waals surface area contributed by atoms with Crippen molar-refractivity contribution in [2.24, 2.45) is 0 Å². The van der Waals surface area contributed by atoms with Gasteiger partial charge in [-0.2, -0.15) is 0 Å². The van der Waals surface area contributed by atoms with Crippen LogP contribution < -0.4 is 0 Å². The van der Waals surface area contributed by atoms with E-state index in [1.54, 1.807) is 11.0 Å². The van der Waals surface area contributed by atoms with Gasteiger partial charge in [0.2, 0.25) is 5.91 Å². The van der Waals surface area contributed by atoms with Crippen LogP contribution in [-0.2, 0) is 16.0 Å². The lowest BCUT2D eigenvalue weighted by atomic mass is 10.2. The fourth-order valence-corrected chi connectivity index (χ4v) is 1.58. The fourth-order valence-electron chi connectivity index (χ4n) is 1.58. The van der Waals surface area contributed by atoms with Gasteiger partial charge in [0.25, 0.3) is 0 Å². The second kappa shape index (κ2) is 4.44. The summed E-state index contributed by atoms with van der Waals surface area (Å²) in [6.07, 6.45) is 0.317. The van der Waals surface area contributed by atoms with E-state index in [1.165, 1.54) is 0 Å². The molecule has 1 aliphatic rings. The van der Waals surface area contributed by atoms with Crippen LogP contribution >= 0.6 is 0 Å². The van der Waals surface area contributed by atoms with Gasteiger partial charge in [-0.1, -0.05) is 5.16 Å². The third-order valence-electron chi connectivity index (χ3n) is 2.37. The Kier molecular flexibility index (Phi) is 3.01. The van der Waals surface area contributed by atoms with Gasteiger partial charge in [-0.05, 0) is 6.92 Å². The van der Waals surface area contributed by atoms with Crippen LogP contribution in [0.5, 0.6) is 0 Å². The second-order valence-electron chi connectivity index (χ2n) is 3.60. The predicted molar refractivity (Wildman–Crippen MR) is 52.3 cm³/mol. The van der Waals surface area contributed by atoms with Crippen molar-refractivity contribution in [2.45, 2.75) is 13.3 Å².